The molecule has 20 heavy (non-hydrogen) atoms. The van der Waals surface area contributed by atoms with Crippen LogP contribution in [-0.4, -0.2) is 35.1 Å². The average molecular weight is 272 g/mol. The Morgan fingerprint density at radius 1 is 1.35 bits per heavy atom. The molecule has 1 fully saturated rings. The monoisotopic (exact) mass is 272 g/mol. The van der Waals surface area contributed by atoms with Gasteiger partial charge in [0.1, 0.15) is 0 Å². The lowest BCUT2D eigenvalue weighted by atomic mass is 9.98. The molecule has 1 aromatic carbocycles. The Morgan fingerprint density at radius 2 is 2.10 bits per heavy atom. The van der Waals surface area contributed by atoms with Gasteiger partial charge in [-0.3, -0.25) is 4.79 Å². The minimum absolute atomic E-state index is 0.0339. The van der Waals surface area contributed by atoms with Gasteiger partial charge in [0.05, 0.1) is 12.5 Å². The van der Waals surface area contributed by atoms with E-state index >= 15 is 0 Å². The molecule has 0 saturated carbocycles. The molecule has 0 aromatic heterocycles. The molecule has 1 heterocycles. The lowest BCUT2D eigenvalue weighted by molar-refractivity contribution is 0.0574. The Kier molecular flexibility index (Phi) is 5.14. The quantitative estimate of drug-likeness (QED) is 0.913. The van der Waals surface area contributed by atoms with Crippen LogP contribution in [0.5, 0.6) is 0 Å². The Balaban J connectivity index is 2.10. The van der Waals surface area contributed by atoms with E-state index in [2.05, 4.69) is 6.07 Å². The third-order valence-corrected chi connectivity index (χ3v) is 3.83. The zero-order valence-electron chi connectivity index (χ0n) is 11.6. The van der Waals surface area contributed by atoms with Crippen molar-refractivity contribution in [3.8, 4) is 6.07 Å². The highest BCUT2D eigenvalue weighted by Gasteiger charge is 2.26. The Hall–Kier alpha value is -1.86. The molecule has 0 radical (unpaired) electrons. The van der Waals surface area contributed by atoms with Crippen molar-refractivity contribution in [2.24, 2.45) is 0 Å². The number of carbonyl (C=O) groups is 1. The van der Waals surface area contributed by atoms with Crippen molar-refractivity contribution in [2.45, 2.75) is 38.1 Å². The standard InChI is InChI=1S/C16H20N2O2/c17-10-8-13-4-6-14(7-5-13)16(20)18-11-2-1-3-15(18)9-12-19/h4-7,15,19H,1-3,8-9,11-12H2. The molecular formula is C16H20N2O2. The maximum atomic E-state index is 12.5. The molecule has 1 aromatic rings. The molecule has 1 aliphatic heterocycles. The number of carbonyl (C=O) groups excluding carboxylic acids is 1. The molecule has 1 saturated heterocycles. The number of nitrogens with zero attached hydrogens (tertiary/aromatic N) is 2. The molecule has 1 amide bonds. The lowest BCUT2D eigenvalue weighted by Crippen LogP contribution is -2.44. The fraction of sp³-hybridized carbons (Fsp3) is 0.500. The third kappa shape index (κ3) is 3.37. The summed E-state index contributed by atoms with van der Waals surface area (Å²) in [5, 5.41) is 17.8. The van der Waals surface area contributed by atoms with E-state index in [1.165, 1.54) is 0 Å². The molecule has 2 rings (SSSR count). The first-order chi connectivity index (χ1) is 9.76. The maximum Gasteiger partial charge on any atom is 0.254 e. The van der Waals surface area contributed by atoms with Gasteiger partial charge in [-0.25, -0.2) is 0 Å². The number of nitriles is 1. The topological polar surface area (TPSA) is 64.3 Å². The Labute approximate surface area is 119 Å². The molecular weight excluding hydrogens is 252 g/mol. The number of piperidine rings is 1. The van der Waals surface area contributed by atoms with Crippen LogP contribution < -0.4 is 0 Å². The van der Waals surface area contributed by atoms with Crippen molar-refractivity contribution >= 4 is 5.91 Å². The van der Waals surface area contributed by atoms with Gasteiger partial charge in [0.2, 0.25) is 0 Å². The smallest absolute Gasteiger partial charge is 0.254 e. The van der Waals surface area contributed by atoms with Gasteiger partial charge >= 0.3 is 0 Å². The molecule has 0 spiro atoms. The molecule has 4 nitrogen and oxygen atoms in total. The largest absolute Gasteiger partial charge is 0.396 e. The normalized spacial score (nSPS) is 18.6. The van der Waals surface area contributed by atoms with E-state index in [1.807, 2.05) is 17.0 Å². The minimum atomic E-state index is 0.0339. The van der Waals surface area contributed by atoms with Gasteiger partial charge in [-0.05, 0) is 43.4 Å². The molecule has 1 unspecified atom stereocenters. The zero-order valence-corrected chi connectivity index (χ0v) is 11.6. The van der Waals surface area contributed by atoms with Crippen LogP contribution in [0, 0.1) is 11.3 Å². The number of hydrogen-bond donors (Lipinski definition) is 1. The highest BCUT2D eigenvalue weighted by atomic mass is 16.3. The summed E-state index contributed by atoms with van der Waals surface area (Å²) >= 11 is 0. The van der Waals surface area contributed by atoms with Gasteiger partial charge in [-0.1, -0.05) is 12.1 Å². The lowest BCUT2D eigenvalue weighted by Gasteiger charge is -2.35. The van der Waals surface area contributed by atoms with E-state index in [9.17, 15) is 4.79 Å². The van der Waals surface area contributed by atoms with Crippen molar-refractivity contribution < 1.29 is 9.90 Å². The highest BCUT2D eigenvalue weighted by Crippen LogP contribution is 2.22. The first kappa shape index (κ1) is 14.5. The molecule has 106 valence electrons. The summed E-state index contributed by atoms with van der Waals surface area (Å²) in [5.41, 5.74) is 1.59. The predicted octanol–water partition coefficient (Wildman–Crippen LogP) is 2.13. The van der Waals surface area contributed by atoms with Crippen molar-refractivity contribution in [1.29, 1.82) is 5.26 Å². The van der Waals surface area contributed by atoms with Crippen molar-refractivity contribution in [3.63, 3.8) is 0 Å². The van der Waals surface area contributed by atoms with Gasteiger partial charge < -0.3 is 10.0 Å². The van der Waals surface area contributed by atoms with Gasteiger partial charge in [0, 0.05) is 24.8 Å². The van der Waals surface area contributed by atoms with Crippen LogP contribution in [0.3, 0.4) is 0 Å². The minimum Gasteiger partial charge on any atom is -0.396 e. The van der Waals surface area contributed by atoms with Gasteiger partial charge in [-0.2, -0.15) is 5.26 Å². The molecule has 0 bridgehead atoms. The molecule has 1 atom stereocenters. The number of amides is 1. The van der Waals surface area contributed by atoms with E-state index in [4.69, 9.17) is 10.4 Å². The summed E-state index contributed by atoms with van der Waals surface area (Å²) in [5.74, 6) is 0.0339. The predicted molar refractivity (Wildman–Crippen MR) is 76.1 cm³/mol. The molecule has 4 heteroatoms. The van der Waals surface area contributed by atoms with E-state index in [0.29, 0.717) is 18.4 Å². The van der Waals surface area contributed by atoms with Crippen LogP contribution >= 0.6 is 0 Å². The van der Waals surface area contributed by atoms with E-state index in [0.717, 1.165) is 31.4 Å². The van der Waals surface area contributed by atoms with E-state index in [-0.39, 0.29) is 18.6 Å². The second kappa shape index (κ2) is 7.06. The van der Waals surface area contributed by atoms with Crippen LogP contribution in [0.1, 0.15) is 41.6 Å². The van der Waals surface area contributed by atoms with Gasteiger partial charge in [-0.15, -0.1) is 0 Å². The van der Waals surface area contributed by atoms with Crippen LogP contribution in [-0.2, 0) is 6.42 Å². The maximum absolute atomic E-state index is 12.5. The summed E-state index contributed by atoms with van der Waals surface area (Å²) in [4.78, 5) is 14.4. The van der Waals surface area contributed by atoms with Crippen molar-refractivity contribution in [2.75, 3.05) is 13.2 Å². The van der Waals surface area contributed by atoms with Crippen molar-refractivity contribution in [3.05, 3.63) is 35.4 Å². The summed E-state index contributed by atoms with van der Waals surface area (Å²) in [6.45, 7) is 0.888. The first-order valence-electron chi connectivity index (χ1n) is 7.14. The summed E-state index contributed by atoms with van der Waals surface area (Å²) in [7, 11) is 0. The second-order valence-electron chi connectivity index (χ2n) is 5.19. The third-order valence-electron chi connectivity index (χ3n) is 3.83. The molecule has 1 aliphatic rings. The number of aliphatic hydroxyl groups is 1. The number of aliphatic hydroxyl groups excluding tert-OH is 1. The van der Waals surface area contributed by atoms with Crippen LogP contribution in [0.2, 0.25) is 0 Å². The number of benzene rings is 1. The average Bonchev–Trinajstić information content (AvgIpc) is 2.49. The van der Waals surface area contributed by atoms with Crippen molar-refractivity contribution in [1.82, 2.24) is 4.90 Å². The van der Waals surface area contributed by atoms with E-state index < -0.39 is 0 Å². The van der Waals surface area contributed by atoms with Crippen LogP contribution in [0.15, 0.2) is 24.3 Å². The SMILES string of the molecule is N#CCc1ccc(C(=O)N2CCCCC2CCO)cc1. The fourth-order valence-electron chi connectivity index (χ4n) is 2.74. The second-order valence-corrected chi connectivity index (χ2v) is 5.19. The molecule has 0 aliphatic carbocycles. The number of hydrogen-bond acceptors (Lipinski definition) is 3. The summed E-state index contributed by atoms with van der Waals surface area (Å²) in [6, 6.07) is 9.50. The Morgan fingerprint density at radius 3 is 2.75 bits per heavy atom. The summed E-state index contributed by atoms with van der Waals surface area (Å²) in [6.07, 6.45) is 4.14. The number of likely N-dealkylation sites (tertiary alicyclic amines) is 1. The highest BCUT2D eigenvalue weighted by molar-refractivity contribution is 5.94. The molecule has 1 N–H and O–H groups in total. The Bertz CT molecular complexity index is 488. The van der Waals surface area contributed by atoms with Gasteiger partial charge in [0.25, 0.3) is 5.91 Å². The number of rotatable bonds is 4. The van der Waals surface area contributed by atoms with E-state index in [1.54, 1.807) is 12.1 Å². The first-order valence-corrected chi connectivity index (χ1v) is 7.14. The zero-order chi connectivity index (χ0) is 14.4. The van der Waals surface area contributed by atoms with Crippen LogP contribution in [0.4, 0.5) is 0 Å². The van der Waals surface area contributed by atoms with Gasteiger partial charge in [0.15, 0.2) is 0 Å². The summed E-state index contributed by atoms with van der Waals surface area (Å²) < 4.78 is 0. The fourth-order valence-corrected chi connectivity index (χ4v) is 2.74. The van der Waals surface area contributed by atoms with Crippen LogP contribution in [0.25, 0.3) is 0 Å².